The second kappa shape index (κ2) is 7.86. The molecular weight excluding hydrogens is 424 g/mol. The zero-order valence-corrected chi connectivity index (χ0v) is 18.1. The number of nitrogens with one attached hydrogen (secondary N) is 1. The van der Waals surface area contributed by atoms with Gasteiger partial charge >= 0.3 is 0 Å². The molecule has 7 nitrogen and oxygen atoms in total. The first-order valence-electron chi connectivity index (χ1n) is 9.48. The summed E-state index contributed by atoms with van der Waals surface area (Å²) in [5.41, 5.74) is 2.71. The van der Waals surface area contributed by atoms with Gasteiger partial charge in [0, 0.05) is 24.3 Å². The number of carbonyl (C=O) groups excluding carboxylic acids is 1. The number of para-hydroxylation sites is 1. The minimum atomic E-state index is -4.01. The molecule has 1 N–H and O–H groups in total. The lowest BCUT2D eigenvalue weighted by Crippen LogP contribution is -2.52. The van der Waals surface area contributed by atoms with Crippen LogP contribution in [0.4, 0.5) is 0 Å². The molecule has 9 heteroatoms. The average molecular weight is 445 g/mol. The fourth-order valence-electron chi connectivity index (χ4n) is 3.83. The second-order valence-corrected chi connectivity index (χ2v) is 9.34. The Hall–Kier alpha value is -2.68. The van der Waals surface area contributed by atoms with Gasteiger partial charge in [-0.3, -0.25) is 4.79 Å². The Morgan fingerprint density at radius 2 is 1.73 bits per heavy atom. The van der Waals surface area contributed by atoms with Crippen LogP contribution < -0.4 is 5.32 Å². The number of nitrogens with zero attached hydrogens (tertiary/aromatic N) is 3. The number of hydrogen-bond acceptors (Lipinski definition) is 4. The van der Waals surface area contributed by atoms with Crippen molar-refractivity contribution < 1.29 is 13.2 Å². The van der Waals surface area contributed by atoms with Crippen LogP contribution in [0.2, 0.25) is 5.02 Å². The molecule has 0 unspecified atom stereocenters. The molecule has 4 rings (SSSR count). The van der Waals surface area contributed by atoms with E-state index in [1.165, 1.54) is 16.4 Å². The van der Waals surface area contributed by atoms with Gasteiger partial charge in [-0.25, -0.2) is 13.1 Å². The summed E-state index contributed by atoms with van der Waals surface area (Å²) in [6.07, 6.45) is 0. The smallest absolute Gasteiger partial charge is 0.245 e. The van der Waals surface area contributed by atoms with Crippen molar-refractivity contribution in [2.45, 2.75) is 24.8 Å². The molecule has 156 valence electrons. The summed E-state index contributed by atoms with van der Waals surface area (Å²) in [6.45, 7) is 3.98. The first-order valence-corrected chi connectivity index (χ1v) is 11.3. The fraction of sp³-hybridized carbons (Fsp3) is 0.238. The molecule has 30 heavy (non-hydrogen) atoms. The van der Waals surface area contributed by atoms with Crippen LogP contribution in [0.1, 0.15) is 23.0 Å². The SMILES string of the molecule is Cc1nn(-c2ccccc2)c(C)c1[C@H]1C(=O)NCCN1S(=O)(=O)c1ccccc1Cl. The van der Waals surface area contributed by atoms with E-state index in [2.05, 4.69) is 10.4 Å². The lowest BCUT2D eigenvalue weighted by atomic mass is 10.0. The molecule has 1 aromatic heterocycles. The van der Waals surface area contributed by atoms with Gasteiger partial charge in [0.1, 0.15) is 10.9 Å². The van der Waals surface area contributed by atoms with Crippen LogP contribution in [-0.4, -0.2) is 41.5 Å². The Labute approximate surface area is 180 Å². The predicted molar refractivity (Wildman–Crippen MR) is 114 cm³/mol. The van der Waals surface area contributed by atoms with E-state index < -0.39 is 16.1 Å². The molecule has 1 amide bonds. The largest absolute Gasteiger partial charge is 0.353 e. The first kappa shape index (κ1) is 20.6. The van der Waals surface area contributed by atoms with E-state index in [0.717, 1.165) is 5.69 Å². The predicted octanol–water partition coefficient (Wildman–Crippen LogP) is 3.00. The van der Waals surface area contributed by atoms with Crippen molar-refractivity contribution in [3.63, 3.8) is 0 Å². The Kier molecular flexibility index (Phi) is 5.40. The Morgan fingerprint density at radius 3 is 2.43 bits per heavy atom. The average Bonchev–Trinajstić information content (AvgIpc) is 3.02. The summed E-state index contributed by atoms with van der Waals surface area (Å²) in [4.78, 5) is 12.9. The molecule has 0 bridgehead atoms. The molecule has 0 saturated carbocycles. The lowest BCUT2D eigenvalue weighted by molar-refractivity contribution is -0.127. The van der Waals surface area contributed by atoms with Crippen LogP contribution in [0, 0.1) is 13.8 Å². The van der Waals surface area contributed by atoms with E-state index in [4.69, 9.17) is 11.6 Å². The quantitative estimate of drug-likeness (QED) is 0.670. The maximum absolute atomic E-state index is 13.5. The van der Waals surface area contributed by atoms with E-state index >= 15 is 0 Å². The van der Waals surface area contributed by atoms with E-state index in [0.29, 0.717) is 17.0 Å². The van der Waals surface area contributed by atoms with Crippen molar-refractivity contribution in [3.05, 3.63) is 76.6 Å². The number of benzene rings is 2. The summed E-state index contributed by atoms with van der Waals surface area (Å²) < 4.78 is 29.9. The van der Waals surface area contributed by atoms with Gasteiger partial charge in [-0.2, -0.15) is 9.40 Å². The Bertz CT molecular complexity index is 1210. The second-order valence-electron chi connectivity index (χ2n) is 7.07. The molecule has 1 aliphatic rings. The van der Waals surface area contributed by atoms with Gasteiger partial charge in [-0.1, -0.05) is 41.9 Å². The normalized spacial score (nSPS) is 17.7. The number of hydrogen-bond donors (Lipinski definition) is 1. The molecule has 1 aliphatic heterocycles. The molecule has 2 heterocycles. The number of aromatic nitrogens is 2. The molecule has 2 aromatic carbocycles. The summed E-state index contributed by atoms with van der Waals surface area (Å²) in [5.74, 6) is -0.379. The third-order valence-electron chi connectivity index (χ3n) is 5.21. The number of aryl methyl sites for hydroxylation is 1. The van der Waals surface area contributed by atoms with Crippen molar-refractivity contribution in [1.82, 2.24) is 19.4 Å². The maximum atomic E-state index is 13.5. The molecule has 0 radical (unpaired) electrons. The van der Waals surface area contributed by atoms with Crippen LogP contribution in [0.15, 0.2) is 59.5 Å². The minimum Gasteiger partial charge on any atom is -0.353 e. The fourth-order valence-corrected chi connectivity index (χ4v) is 5.89. The van der Waals surface area contributed by atoms with Gasteiger partial charge in [-0.05, 0) is 38.1 Å². The van der Waals surface area contributed by atoms with E-state index in [1.807, 2.05) is 37.3 Å². The van der Waals surface area contributed by atoms with Crippen molar-refractivity contribution in [3.8, 4) is 5.69 Å². The topological polar surface area (TPSA) is 84.3 Å². The van der Waals surface area contributed by atoms with E-state index in [-0.39, 0.29) is 28.9 Å². The molecule has 1 atom stereocenters. The number of piperazine rings is 1. The molecule has 1 fully saturated rings. The van der Waals surface area contributed by atoms with Gasteiger partial charge in [-0.15, -0.1) is 0 Å². The van der Waals surface area contributed by atoms with Gasteiger partial charge in [0.25, 0.3) is 0 Å². The van der Waals surface area contributed by atoms with Crippen LogP contribution in [-0.2, 0) is 14.8 Å². The highest BCUT2D eigenvalue weighted by atomic mass is 35.5. The Morgan fingerprint density at radius 1 is 1.07 bits per heavy atom. The number of amides is 1. The molecule has 0 aliphatic carbocycles. The van der Waals surface area contributed by atoms with E-state index in [1.54, 1.807) is 23.7 Å². The number of carbonyl (C=O) groups is 1. The van der Waals surface area contributed by atoms with Gasteiger partial charge < -0.3 is 5.32 Å². The van der Waals surface area contributed by atoms with Gasteiger partial charge in [0.15, 0.2) is 0 Å². The highest BCUT2D eigenvalue weighted by Crippen LogP contribution is 2.35. The van der Waals surface area contributed by atoms with Crippen molar-refractivity contribution in [2.75, 3.05) is 13.1 Å². The van der Waals surface area contributed by atoms with Crippen molar-refractivity contribution >= 4 is 27.5 Å². The molecular formula is C21H21ClN4O3S. The third kappa shape index (κ3) is 3.40. The summed E-state index contributed by atoms with van der Waals surface area (Å²) in [6, 6.07) is 14.7. The first-order chi connectivity index (χ1) is 14.3. The number of halogens is 1. The van der Waals surface area contributed by atoms with Crippen LogP contribution >= 0.6 is 11.6 Å². The standard InChI is InChI=1S/C21H21ClN4O3S/c1-14-19(15(2)26(24-14)16-8-4-3-5-9-16)20-21(27)23-12-13-25(20)30(28,29)18-11-7-6-10-17(18)22/h3-11,20H,12-13H2,1-2H3,(H,23,27)/t20-/m0/s1. The van der Waals surface area contributed by atoms with E-state index in [9.17, 15) is 13.2 Å². The number of sulfonamides is 1. The maximum Gasteiger partial charge on any atom is 0.245 e. The zero-order chi connectivity index (χ0) is 21.5. The monoisotopic (exact) mass is 444 g/mol. The molecule has 1 saturated heterocycles. The summed E-state index contributed by atoms with van der Waals surface area (Å²) >= 11 is 6.18. The highest BCUT2D eigenvalue weighted by Gasteiger charge is 2.42. The lowest BCUT2D eigenvalue weighted by Gasteiger charge is -2.34. The van der Waals surface area contributed by atoms with Gasteiger partial charge in [0.2, 0.25) is 15.9 Å². The van der Waals surface area contributed by atoms with Crippen molar-refractivity contribution in [1.29, 1.82) is 0 Å². The van der Waals surface area contributed by atoms with Gasteiger partial charge in [0.05, 0.1) is 16.4 Å². The van der Waals surface area contributed by atoms with Crippen LogP contribution in [0.5, 0.6) is 0 Å². The van der Waals surface area contributed by atoms with Crippen molar-refractivity contribution in [2.24, 2.45) is 0 Å². The molecule has 3 aromatic rings. The minimum absolute atomic E-state index is 0.0166. The highest BCUT2D eigenvalue weighted by molar-refractivity contribution is 7.89. The molecule has 0 spiro atoms. The summed E-state index contributed by atoms with van der Waals surface area (Å²) in [5, 5.41) is 7.49. The van der Waals surface area contributed by atoms with Crippen LogP contribution in [0.3, 0.4) is 0 Å². The Balaban J connectivity index is 1.85. The zero-order valence-electron chi connectivity index (χ0n) is 16.5. The van der Waals surface area contributed by atoms with Crippen LogP contribution in [0.25, 0.3) is 5.69 Å². The summed E-state index contributed by atoms with van der Waals surface area (Å²) in [7, 11) is -4.01. The third-order valence-corrected chi connectivity index (χ3v) is 7.58. The number of rotatable bonds is 4.